The number of alkyl halides is 1. The van der Waals surface area contributed by atoms with Gasteiger partial charge in [0.2, 0.25) is 5.95 Å². The number of carbonyl (C=O) groups is 2. The monoisotopic (exact) mass is 354 g/mol. The average Bonchev–Trinajstić information content (AvgIpc) is 2.88. The number of carbonyl (C=O) groups excluding carboxylic acids is 1. The summed E-state index contributed by atoms with van der Waals surface area (Å²) in [6.45, 7) is 2.32. The Morgan fingerprint density at radius 3 is 2.76 bits per heavy atom. The quantitative estimate of drug-likeness (QED) is 0.639. The zero-order valence-electron chi connectivity index (χ0n) is 13.2. The number of carboxylic acids is 1. The largest absolute Gasteiger partial charge is 0.478 e. The number of pyridine rings is 1. The van der Waals surface area contributed by atoms with Crippen LogP contribution in [0.3, 0.4) is 0 Å². The Morgan fingerprint density at radius 2 is 2.16 bits per heavy atom. The van der Waals surface area contributed by atoms with Crippen LogP contribution in [0.25, 0.3) is 0 Å². The number of aromatic nitrogens is 1. The molecule has 3 rings (SSSR count). The van der Waals surface area contributed by atoms with E-state index < -0.39 is 41.4 Å². The molecule has 0 aromatic carbocycles. The lowest BCUT2D eigenvalue weighted by Gasteiger charge is -2.28. The van der Waals surface area contributed by atoms with Gasteiger partial charge >= 0.3 is 11.9 Å². The third-order valence-electron chi connectivity index (χ3n) is 4.20. The SMILES string of the molecule is CC1=C(C(=O)O)[C@@H](c2cnc(F)c(F)c2C(C)F)C2=C(COC2=O)N1. The van der Waals surface area contributed by atoms with E-state index in [4.69, 9.17) is 4.74 Å². The molecule has 0 amide bonds. The first-order chi connectivity index (χ1) is 11.7. The van der Waals surface area contributed by atoms with Crippen molar-refractivity contribution in [2.24, 2.45) is 0 Å². The van der Waals surface area contributed by atoms with Crippen LogP contribution >= 0.6 is 0 Å². The molecule has 132 valence electrons. The van der Waals surface area contributed by atoms with Crippen molar-refractivity contribution in [1.82, 2.24) is 10.3 Å². The molecule has 0 radical (unpaired) electrons. The number of nitrogens with zero attached hydrogens (tertiary/aromatic N) is 1. The molecule has 0 fully saturated rings. The van der Waals surface area contributed by atoms with Crippen molar-refractivity contribution in [1.29, 1.82) is 0 Å². The van der Waals surface area contributed by atoms with E-state index in [0.29, 0.717) is 5.70 Å². The first kappa shape index (κ1) is 17.0. The Labute approximate surface area is 140 Å². The summed E-state index contributed by atoms with van der Waals surface area (Å²) in [4.78, 5) is 27.0. The van der Waals surface area contributed by atoms with Crippen LogP contribution in [0.2, 0.25) is 0 Å². The first-order valence-electron chi connectivity index (χ1n) is 7.33. The number of ether oxygens (including phenoxy) is 1. The first-order valence-corrected chi connectivity index (χ1v) is 7.33. The van der Waals surface area contributed by atoms with Gasteiger partial charge in [0.05, 0.1) is 22.8 Å². The van der Waals surface area contributed by atoms with Gasteiger partial charge in [0.25, 0.3) is 0 Å². The fourth-order valence-corrected chi connectivity index (χ4v) is 3.19. The van der Waals surface area contributed by atoms with E-state index in [1.165, 1.54) is 6.92 Å². The summed E-state index contributed by atoms with van der Waals surface area (Å²) in [6, 6.07) is 0. The topological polar surface area (TPSA) is 88.5 Å². The number of nitrogens with one attached hydrogen (secondary N) is 1. The van der Waals surface area contributed by atoms with Gasteiger partial charge in [-0.15, -0.1) is 0 Å². The van der Waals surface area contributed by atoms with Crippen molar-refractivity contribution in [3.05, 3.63) is 51.6 Å². The Bertz CT molecular complexity index is 859. The zero-order valence-corrected chi connectivity index (χ0v) is 13.2. The second-order valence-electron chi connectivity index (χ2n) is 5.72. The Morgan fingerprint density at radius 1 is 1.48 bits per heavy atom. The second-order valence-corrected chi connectivity index (χ2v) is 5.72. The fraction of sp³-hybridized carbons (Fsp3) is 0.312. The van der Waals surface area contributed by atoms with E-state index in [1.54, 1.807) is 0 Å². The number of esters is 1. The van der Waals surface area contributed by atoms with Crippen LogP contribution in [0, 0.1) is 11.8 Å². The number of halogens is 3. The van der Waals surface area contributed by atoms with Gasteiger partial charge in [-0.1, -0.05) is 0 Å². The molecule has 9 heteroatoms. The maximum absolute atomic E-state index is 14.1. The summed E-state index contributed by atoms with van der Waals surface area (Å²) >= 11 is 0. The summed E-state index contributed by atoms with van der Waals surface area (Å²) < 4.78 is 46.5. The molecule has 2 aliphatic heterocycles. The average molecular weight is 354 g/mol. The van der Waals surface area contributed by atoms with E-state index in [-0.39, 0.29) is 29.0 Å². The minimum atomic E-state index is -1.95. The molecule has 25 heavy (non-hydrogen) atoms. The van der Waals surface area contributed by atoms with E-state index >= 15 is 0 Å². The van der Waals surface area contributed by atoms with Crippen LogP contribution in [0.4, 0.5) is 13.2 Å². The van der Waals surface area contributed by atoms with Crippen LogP contribution in [0.5, 0.6) is 0 Å². The lowest BCUT2D eigenvalue weighted by molar-refractivity contribution is -0.136. The third kappa shape index (κ3) is 2.55. The van der Waals surface area contributed by atoms with Gasteiger partial charge in [0.1, 0.15) is 12.8 Å². The predicted molar refractivity (Wildman–Crippen MR) is 77.9 cm³/mol. The molecular weight excluding hydrogens is 341 g/mol. The molecule has 3 heterocycles. The summed E-state index contributed by atoms with van der Waals surface area (Å²) in [7, 11) is 0. The molecule has 2 aliphatic rings. The maximum Gasteiger partial charge on any atom is 0.337 e. The number of rotatable bonds is 3. The van der Waals surface area contributed by atoms with Crippen LogP contribution in [0.1, 0.15) is 37.1 Å². The van der Waals surface area contributed by atoms with Gasteiger partial charge in [-0.05, 0) is 19.4 Å². The molecule has 0 saturated heterocycles. The highest BCUT2D eigenvalue weighted by Crippen LogP contribution is 2.44. The molecule has 1 aromatic rings. The lowest BCUT2D eigenvalue weighted by Crippen LogP contribution is -2.30. The second kappa shape index (κ2) is 5.91. The molecule has 1 aromatic heterocycles. The van der Waals surface area contributed by atoms with E-state index in [0.717, 1.165) is 13.1 Å². The highest BCUT2D eigenvalue weighted by Gasteiger charge is 2.43. The summed E-state index contributed by atoms with van der Waals surface area (Å²) in [5, 5.41) is 12.3. The van der Waals surface area contributed by atoms with Crippen LogP contribution in [0.15, 0.2) is 28.7 Å². The van der Waals surface area contributed by atoms with Gasteiger partial charge < -0.3 is 15.2 Å². The molecule has 0 aliphatic carbocycles. The van der Waals surface area contributed by atoms with E-state index in [1.807, 2.05) is 0 Å². The molecule has 0 spiro atoms. The number of carboxylic acid groups (broad SMARTS) is 1. The van der Waals surface area contributed by atoms with Crippen molar-refractivity contribution in [3.63, 3.8) is 0 Å². The smallest absolute Gasteiger partial charge is 0.337 e. The van der Waals surface area contributed by atoms with E-state index in [9.17, 15) is 27.9 Å². The van der Waals surface area contributed by atoms with Crippen LogP contribution < -0.4 is 5.32 Å². The van der Waals surface area contributed by atoms with Crippen molar-refractivity contribution in [2.75, 3.05) is 6.61 Å². The molecule has 2 N–H and O–H groups in total. The molecule has 0 saturated carbocycles. The van der Waals surface area contributed by atoms with Crippen molar-refractivity contribution in [3.8, 4) is 0 Å². The summed E-state index contributed by atoms with van der Waals surface area (Å²) in [6.07, 6.45) is -1.09. The maximum atomic E-state index is 14.1. The van der Waals surface area contributed by atoms with Crippen molar-refractivity contribution >= 4 is 11.9 Å². The van der Waals surface area contributed by atoms with E-state index in [2.05, 4.69) is 10.3 Å². The minimum absolute atomic E-state index is 0.0716. The standard InChI is InChI=1S/C16H13F3N2O4/c1-5(17)9-7(3-20-14(19)13(9)18)11-10(15(22)23)6(2)21-8-4-25-16(24)12(8)11/h3,5,11,21H,4H2,1-2H3,(H,22,23)/t5?,11-/m1/s1. The van der Waals surface area contributed by atoms with Crippen LogP contribution in [-0.2, 0) is 14.3 Å². The molecule has 6 nitrogen and oxygen atoms in total. The molecule has 0 bridgehead atoms. The van der Waals surface area contributed by atoms with Crippen molar-refractivity contribution in [2.45, 2.75) is 25.9 Å². The number of aliphatic carboxylic acids is 1. The Balaban J connectivity index is 2.32. The lowest BCUT2D eigenvalue weighted by atomic mass is 9.79. The number of hydrogen-bond donors (Lipinski definition) is 2. The fourth-order valence-electron chi connectivity index (χ4n) is 3.19. The van der Waals surface area contributed by atoms with Gasteiger partial charge in [-0.3, -0.25) is 0 Å². The summed E-state index contributed by atoms with van der Waals surface area (Å²) in [5.74, 6) is -6.52. The molecule has 1 unspecified atom stereocenters. The summed E-state index contributed by atoms with van der Waals surface area (Å²) in [5.41, 5.74) is -0.752. The van der Waals surface area contributed by atoms with Crippen LogP contribution in [-0.4, -0.2) is 28.6 Å². The third-order valence-corrected chi connectivity index (χ3v) is 4.20. The number of cyclic esters (lactones) is 1. The predicted octanol–water partition coefficient (Wildman–Crippen LogP) is 2.25. The highest BCUT2D eigenvalue weighted by atomic mass is 19.2. The van der Waals surface area contributed by atoms with Gasteiger partial charge in [0.15, 0.2) is 5.82 Å². The minimum Gasteiger partial charge on any atom is -0.478 e. The van der Waals surface area contributed by atoms with Gasteiger partial charge in [-0.25, -0.2) is 23.4 Å². The number of hydrogen-bond acceptors (Lipinski definition) is 5. The Kier molecular flexibility index (Phi) is 4.02. The van der Waals surface area contributed by atoms with Gasteiger partial charge in [-0.2, -0.15) is 4.39 Å². The van der Waals surface area contributed by atoms with Crippen molar-refractivity contribution < 1.29 is 32.6 Å². The normalized spacial score (nSPS) is 21.0. The zero-order chi connectivity index (χ0) is 18.5. The van der Waals surface area contributed by atoms with Gasteiger partial charge in [0, 0.05) is 17.5 Å². The number of allylic oxidation sites excluding steroid dienone is 1. The molecule has 2 atom stereocenters. The Hall–Kier alpha value is -2.84. The highest BCUT2D eigenvalue weighted by molar-refractivity contribution is 6.00. The molecular formula is C16H13F3N2O4. The number of dihydropyridines is 1.